The fourth-order valence-electron chi connectivity index (χ4n) is 2.92. The van der Waals surface area contributed by atoms with Gasteiger partial charge in [0.2, 0.25) is 17.7 Å². The van der Waals surface area contributed by atoms with E-state index < -0.39 is 6.10 Å². The number of hydrogen-bond acceptors (Lipinski definition) is 5. The number of aliphatic hydroxyl groups excluding tert-OH is 1. The standard InChI is InChI=1S/C15H25N3O4S/c19-12-7-15(22)18(8-12)6-5-16-13(20)9-23-10-14(21)17-11-3-1-2-4-11/h11-12,19H,1-10H2,(H,16,20)(H,17,21)/t12-/m1/s1. The summed E-state index contributed by atoms with van der Waals surface area (Å²) in [5.41, 5.74) is 0. The van der Waals surface area contributed by atoms with Gasteiger partial charge in [-0.3, -0.25) is 14.4 Å². The number of rotatable bonds is 8. The molecule has 130 valence electrons. The lowest BCUT2D eigenvalue weighted by Crippen LogP contribution is -2.37. The maximum Gasteiger partial charge on any atom is 0.230 e. The van der Waals surface area contributed by atoms with E-state index in [1.165, 1.54) is 24.6 Å². The summed E-state index contributed by atoms with van der Waals surface area (Å²) in [6.07, 6.45) is 4.04. The minimum Gasteiger partial charge on any atom is -0.391 e. The average molecular weight is 343 g/mol. The van der Waals surface area contributed by atoms with Crippen molar-refractivity contribution in [3.8, 4) is 0 Å². The lowest BCUT2D eigenvalue weighted by atomic mass is 10.2. The summed E-state index contributed by atoms with van der Waals surface area (Å²) in [7, 11) is 0. The zero-order chi connectivity index (χ0) is 16.7. The molecule has 2 aliphatic rings. The number of thioether (sulfide) groups is 1. The molecule has 1 aliphatic carbocycles. The highest BCUT2D eigenvalue weighted by Crippen LogP contribution is 2.17. The summed E-state index contributed by atoms with van der Waals surface area (Å²) < 4.78 is 0. The van der Waals surface area contributed by atoms with Crippen molar-refractivity contribution in [2.24, 2.45) is 0 Å². The minimum absolute atomic E-state index is 0.00801. The lowest BCUT2D eigenvalue weighted by molar-refractivity contribution is -0.128. The Morgan fingerprint density at radius 2 is 1.91 bits per heavy atom. The molecular formula is C15H25N3O4S. The Hall–Kier alpha value is -1.28. The molecule has 0 spiro atoms. The van der Waals surface area contributed by atoms with Crippen LogP contribution in [-0.4, -0.2) is 71.0 Å². The van der Waals surface area contributed by atoms with E-state index in [0.717, 1.165) is 12.8 Å². The van der Waals surface area contributed by atoms with Gasteiger partial charge < -0.3 is 20.6 Å². The van der Waals surface area contributed by atoms with E-state index in [1.54, 1.807) is 4.90 Å². The molecule has 1 saturated carbocycles. The van der Waals surface area contributed by atoms with Crippen molar-refractivity contribution in [1.82, 2.24) is 15.5 Å². The molecule has 2 rings (SSSR count). The Balaban J connectivity index is 1.49. The van der Waals surface area contributed by atoms with Crippen molar-refractivity contribution in [3.05, 3.63) is 0 Å². The first-order valence-corrected chi connectivity index (χ1v) is 9.29. The van der Waals surface area contributed by atoms with Crippen LogP contribution in [-0.2, 0) is 14.4 Å². The summed E-state index contributed by atoms with van der Waals surface area (Å²) in [5.74, 6) is 0.293. The van der Waals surface area contributed by atoms with Crippen LogP contribution in [0.4, 0.5) is 0 Å². The molecule has 23 heavy (non-hydrogen) atoms. The summed E-state index contributed by atoms with van der Waals surface area (Å²) in [4.78, 5) is 36.4. The molecule has 3 N–H and O–H groups in total. The maximum absolute atomic E-state index is 11.7. The lowest BCUT2D eigenvalue weighted by Gasteiger charge is -2.15. The van der Waals surface area contributed by atoms with Crippen molar-refractivity contribution < 1.29 is 19.5 Å². The van der Waals surface area contributed by atoms with Gasteiger partial charge >= 0.3 is 0 Å². The quantitative estimate of drug-likeness (QED) is 0.551. The van der Waals surface area contributed by atoms with E-state index >= 15 is 0 Å². The molecule has 0 radical (unpaired) electrons. The molecule has 2 fully saturated rings. The molecule has 1 aliphatic heterocycles. The second-order valence-electron chi connectivity index (χ2n) is 6.09. The Kier molecular flexibility index (Phi) is 7.16. The summed E-state index contributed by atoms with van der Waals surface area (Å²) in [5, 5.41) is 15.1. The van der Waals surface area contributed by atoms with Crippen LogP contribution in [0.15, 0.2) is 0 Å². The second kappa shape index (κ2) is 9.12. The number of carbonyl (C=O) groups is 3. The molecule has 1 saturated heterocycles. The van der Waals surface area contributed by atoms with Crippen LogP contribution in [0.2, 0.25) is 0 Å². The predicted molar refractivity (Wildman–Crippen MR) is 87.9 cm³/mol. The molecule has 7 nitrogen and oxygen atoms in total. The smallest absolute Gasteiger partial charge is 0.230 e. The van der Waals surface area contributed by atoms with Gasteiger partial charge in [-0.25, -0.2) is 0 Å². The topological polar surface area (TPSA) is 98.7 Å². The van der Waals surface area contributed by atoms with Gasteiger partial charge in [0, 0.05) is 25.7 Å². The molecule has 1 heterocycles. The van der Waals surface area contributed by atoms with Gasteiger partial charge in [-0.2, -0.15) is 0 Å². The average Bonchev–Trinajstić information content (AvgIpc) is 3.09. The van der Waals surface area contributed by atoms with Crippen LogP contribution in [0.1, 0.15) is 32.1 Å². The SMILES string of the molecule is O=C(CSCC(=O)NC1CCCC1)NCCN1C[C@H](O)CC1=O. The molecule has 8 heteroatoms. The van der Waals surface area contributed by atoms with Crippen LogP contribution in [0.5, 0.6) is 0 Å². The van der Waals surface area contributed by atoms with Crippen molar-refractivity contribution >= 4 is 29.5 Å². The maximum atomic E-state index is 11.7. The van der Waals surface area contributed by atoms with Crippen LogP contribution in [0, 0.1) is 0 Å². The number of hydrogen-bond donors (Lipinski definition) is 3. The van der Waals surface area contributed by atoms with E-state index in [1.807, 2.05) is 0 Å². The van der Waals surface area contributed by atoms with Gasteiger partial charge in [-0.05, 0) is 12.8 Å². The number of likely N-dealkylation sites (tertiary alicyclic amines) is 1. The van der Waals surface area contributed by atoms with E-state index in [-0.39, 0.29) is 29.9 Å². The monoisotopic (exact) mass is 343 g/mol. The predicted octanol–water partition coefficient (Wildman–Crippen LogP) is -0.512. The van der Waals surface area contributed by atoms with Crippen LogP contribution in [0.25, 0.3) is 0 Å². The fourth-order valence-corrected chi connectivity index (χ4v) is 3.58. The van der Waals surface area contributed by atoms with Crippen molar-refractivity contribution in [3.63, 3.8) is 0 Å². The van der Waals surface area contributed by atoms with Crippen molar-refractivity contribution in [1.29, 1.82) is 0 Å². The number of β-amino-alcohol motifs (C(OH)–C–C–N with tert-alkyl or cyclic N) is 1. The van der Waals surface area contributed by atoms with Gasteiger partial charge in [-0.1, -0.05) is 12.8 Å². The molecule has 0 aromatic rings. The highest BCUT2D eigenvalue weighted by molar-refractivity contribution is 8.00. The van der Waals surface area contributed by atoms with Crippen LogP contribution in [0.3, 0.4) is 0 Å². The van der Waals surface area contributed by atoms with E-state index in [9.17, 15) is 19.5 Å². The Labute approximate surface area is 140 Å². The largest absolute Gasteiger partial charge is 0.391 e. The molecule has 0 bridgehead atoms. The zero-order valence-electron chi connectivity index (χ0n) is 13.3. The number of aliphatic hydroxyl groups is 1. The summed E-state index contributed by atoms with van der Waals surface area (Å²) in [6.45, 7) is 1.12. The van der Waals surface area contributed by atoms with Gasteiger partial charge in [0.1, 0.15) is 0 Å². The zero-order valence-corrected chi connectivity index (χ0v) is 14.1. The first kappa shape index (κ1) is 18.1. The summed E-state index contributed by atoms with van der Waals surface area (Å²) >= 11 is 1.29. The number of amides is 3. The van der Waals surface area contributed by atoms with Gasteiger partial charge in [0.15, 0.2) is 0 Å². The summed E-state index contributed by atoms with van der Waals surface area (Å²) in [6, 6.07) is 0.310. The molecule has 1 atom stereocenters. The first-order valence-electron chi connectivity index (χ1n) is 8.14. The molecule has 0 aromatic carbocycles. The van der Waals surface area contributed by atoms with Gasteiger partial charge in [-0.15, -0.1) is 11.8 Å². The fraction of sp³-hybridized carbons (Fsp3) is 0.800. The minimum atomic E-state index is -0.591. The van der Waals surface area contributed by atoms with Crippen LogP contribution >= 0.6 is 11.8 Å². The van der Waals surface area contributed by atoms with E-state index in [2.05, 4.69) is 10.6 Å². The Morgan fingerprint density at radius 3 is 2.57 bits per heavy atom. The normalized spacial score (nSPS) is 21.7. The molecule has 0 aromatic heterocycles. The number of nitrogens with zero attached hydrogens (tertiary/aromatic N) is 1. The van der Waals surface area contributed by atoms with Crippen LogP contribution < -0.4 is 10.6 Å². The number of carbonyl (C=O) groups excluding carboxylic acids is 3. The number of nitrogens with one attached hydrogen (secondary N) is 2. The molecule has 0 unspecified atom stereocenters. The van der Waals surface area contributed by atoms with E-state index in [4.69, 9.17) is 0 Å². The van der Waals surface area contributed by atoms with Gasteiger partial charge in [0.05, 0.1) is 24.0 Å². The highest BCUT2D eigenvalue weighted by Gasteiger charge is 2.27. The van der Waals surface area contributed by atoms with E-state index in [0.29, 0.717) is 31.4 Å². The molecule has 3 amide bonds. The van der Waals surface area contributed by atoms with Gasteiger partial charge in [0.25, 0.3) is 0 Å². The third-order valence-corrected chi connectivity index (χ3v) is 5.02. The second-order valence-corrected chi connectivity index (χ2v) is 7.07. The van der Waals surface area contributed by atoms with Crippen molar-refractivity contribution in [2.75, 3.05) is 31.1 Å². The first-order chi connectivity index (χ1) is 11.0. The Morgan fingerprint density at radius 1 is 1.22 bits per heavy atom. The molecular weight excluding hydrogens is 318 g/mol. The Bertz CT molecular complexity index is 440. The highest BCUT2D eigenvalue weighted by atomic mass is 32.2. The third-order valence-electron chi connectivity index (χ3n) is 4.08. The third kappa shape index (κ3) is 6.39. The van der Waals surface area contributed by atoms with Crippen molar-refractivity contribution in [2.45, 2.75) is 44.2 Å².